The summed E-state index contributed by atoms with van der Waals surface area (Å²) in [4.78, 5) is 37.6. The first-order chi connectivity index (χ1) is 13.4. The molecule has 0 radical (unpaired) electrons. The molecule has 1 aromatic heterocycles. The third-order valence-corrected chi connectivity index (χ3v) is 7.26. The Bertz CT molecular complexity index is 821. The molecule has 1 saturated heterocycles. The number of nitrogens with zero attached hydrogens (tertiary/aromatic N) is 5. The summed E-state index contributed by atoms with van der Waals surface area (Å²) in [7, 11) is 3.23. The van der Waals surface area contributed by atoms with Gasteiger partial charge in [-0.15, -0.1) is 28.6 Å². The second-order valence-electron chi connectivity index (χ2n) is 5.84. The molecule has 154 valence electrons. The van der Waals surface area contributed by atoms with Crippen LogP contribution in [0.4, 0.5) is 0 Å². The van der Waals surface area contributed by atoms with E-state index in [4.69, 9.17) is 4.74 Å². The van der Waals surface area contributed by atoms with Gasteiger partial charge in [-0.1, -0.05) is 11.8 Å². The SMILES string of the molecule is COCSCC(=O)N[C@H]1C(=O)N2C(C(=O)O)=C(CSc3nnnn3C)CSC12.[NaH]. The standard InChI is InChI=1S/C14H18N6O5S3.Na.H/c1-19-14(16-17-18-19)28-4-7-3-27-12-9(15-8(21)5-26-6-25-2)11(22)20(12)10(7)13(23)24;;/h9,12H,3-6H2,1-2H3,(H,15,21)(H,23,24);;/t9-,12?;;/m0../s1. The molecule has 1 fully saturated rings. The fourth-order valence-electron chi connectivity index (χ4n) is 2.72. The first-order valence-electron chi connectivity index (χ1n) is 8.05. The van der Waals surface area contributed by atoms with Gasteiger partial charge in [0.1, 0.15) is 17.1 Å². The van der Waals surface area contributed by atoms with E-state index in [0.29, 0.717) is 28.2 Å². The van der Waals surface area contributed by atoms with Crippen molar-refractivity contribution in [3.05, 3.63) is 11.3 Å². The van der Waals surface area contributed by atoms with Gasteiger partial charge in [0.05, 0.1) is 11.7 Å². The molecule has 2 aliphatic heterocycles. The number of nitrogens with one attached hydrogen (secondary N) is 1. The van der Waals surface area contributed by atoms with Gasteiger partial charge in [-0.05, 0) is 16.0 Å². The zero-order valence-electron chi connectivity index (χ0n) is 15.0. The van der Waals surface area contributed by atoms with Crippen LogP contribution in [-0.2, 0) is 26.2 Å². The number of carbonyl (C=O) groups excluding carboxylic acids is 2. The van der Waals surface area contributed by atoms with Gasteiger partial charge in [0.25, 0.3) is 5.91 Å². The van der Waals surface area contributed by atoms with Gasteiger partial charge in [-0.2, -0.15) is 0 Å². The van der Waals surface area contributed by atoms with Gasteiger partial charge in [-0.3, -0.25) is 14.5 Å². The first-order valence-corrected chi connectivity index (χ1v) is 11.2. The van der Waals surface area contributed by atoms with Crippen LogP contribution in [0.1, 0.15) is 0 Å². The van der Waals surface area contributed by atoms with Crippen LogP contribution in [-0.4, -0.2) is 119 Å². The van der Waals surface area contributed by atoms with Crippen molar-refractivity contribution in [2.24, 2.45) is 7.05 Å². The molecule has 0 aromatic carbocycles. The molecule has 15 heteroatoms. The van der Waals surface area contributed by atoms with E-state index in [2.05, 4.69) is 20.8 Å². The third kappa shape index (κ3) is 5.48. The second-order valence-corrected chi connectivity index (χ2v) is 8.82. The van der Waals surface area contributed by atoms with Crippen LogP contribution in [0.5, 0.6) is 0 Å². The van der Waals surface area contributed by atoms with Crippen LogP contribution in [0.25, 0.3) is 0 Å². The first kappa shape index (κ1) is 24.5. The average Bonchev–Trinajstić information content (AvgIpc) is 3.08. The maximum atomic E-state index is 12.5. The van der Waals surface area contributed by atoms with E-state index in [1.54, 1.807) is 7.05 Å². The number of β-lactam (4-membered cyclic amide) rings is 1. The fourth-order valence-corrected chi connectivity index (χ4v) is 5.58. The number of amides is 2. The summed E-state index contributed by atoms with van der Waals surface area (Å²) in [5, 5.41) is 23.6. The molecule has 2 amide bonds. The molecule has 2 N–H and O–H groups in total. The summed E-state index contributed by atoms with van der Waals surface area (Å²) in [6.07, 6.45) is 0. The number of fused-ring (bicyclic) bond motifs is 1. The monoisotopic (exact) mass is 470 g/mol. The molecule has 29 heavy (non-hydrogen) atoms. The van der Waals surface area contributed by atoms with Gasteiger partial charge in [-0.25, -0.2) is 9.48 Å². The molecule has 3 rings (SSSR count). The second kappa shape index (κ2) is 11.0. The van der Waals surface area contributed by atoms with Crippen molar-refractivity contribution in [2.75, 3.05) is 30.3 Å². The number of hydrogen-bond acceptors (Lipinski definition) is 10. The summed E-state index contributed by atoms with van der Waals surface area (Å²) < 4.78 is 6.36. The predicted molar refractivity (Wildman–Crippen MR) is 111 cm³/mol. The van der Waals surface area contributed by atoms with Gasteiger partial charge in [0, 0.05) is 25.7 Å². The maximum absolute atomic E-state index is 12.5. The molecular weight excluding hydrogens is 451 g/mol. The molecule has 0 aliphatic carbocycles. The van der Waals surface area contributed by atoms with Crippen molar-refractivity contribution in [1.82, 2.24) is 30.4 Å². The van der Waals surface area contributed by atoms with E-state index < -0.39 is 23.3 Å². The van der Waals surface area contributed by atoms with Gasteiger partial charge >= 0.3 is 35.5 Å². The number of carbonyl (C=O) groups is 3. The zero-order valence-corrected chi connectivity index (χ0v) is 17.5. The normalized spacial score (nSPS) is 20.6. The van der Waals surface area contributed by atoms with Gasteiger partial charge in [0.2, 0.25) is 11.1 Å². The molecule has 0 bridgehead atoms. The molecule has 1 aromatic rings. The summed E-state index contributed by atoms with van der Waals surface area (Å²) in [6.45, 7) is 0. The predicted octanol–water partition coefficient (Wildman–Crippen LogP) is -1.27. The Morgan fingerprint density at radius 3 is 2.83 bits per heavy atom. The number of aliphatic carboxylic acids is 1. The molecule has 2 aliphatic rings. The number of hydrogen-bond donors (Lipinski definition) is 2. The fraction of sp³-hybridized carbons (Fsp3) is 0.571. The number of thioether (sulfide) groups is 3. The van der Waals surface area contributed by atoms with E-state index in [1.807, 2.05) is 0 Å². The molecule has 1 unspecified atom stereocenters. The van der Waals surface area contributed by atoms with Crippen molar-refractivity contribution >= 4 is 82.6 Å². The number of methoxy groups -OCH3 is 1. The number of aromatic nitrogens is 4. The van der Waals surface area contributed by atoms with Crippen LogP contribution in [0.2, 0.25) is 0 Å². The van der Waals surface area contributed by atoms with Crippen molar-refractivity contribution < 1.29 is 24.2 Å². The van der Waals surface area contributed by atoms with Crippen LogP contribution in [0.15, 0.2) is 16.4 Å². The summed E-state index contributed by atoms with van der Waals surface area (Å²) >= 11 is 4.02. The topological polar surface area (TPSA) is 140 Å². The molecule has 3 heterocycles. The Morgan fingerprint density at radius 1 is 1.45 bits per heavy atom. The minimum atomic E-state index is -1.16. The summed E-state index contributed by atoms with van der Waals surface area (Å²) in [5.41, 5.74) is 0.603. The number of rotatable bonds is 9. The number of tetrazole rings is 1. The molecule has 2 atom stereocenters. The summed E-state index contributed by atoms with van der Waals surface area (Å²) in [6, 6.07) is -0.716. The number of carboxylic acid groups (broad SMARTS) is 1. The zero-order chi connectivity index (χ0) is 20.3. The average molecular weight is 471 g/mol. The van der Waals surface area contributed by atoms with Gasteiger partial charge in [0.15, 0.2) is 0 Å². The van der Waals surface area contributed by atoms with E-state index in [0.717, 1.165) is 0 Å². The minimum absolute atomic E-state index is 0. The van der Waals surface area contributed by atoms with Crippen LogP contribution in [0, 0.1) is 0 Å². The van der Waals surface area contributed by atoms with Crippen molar-refractivity contribution in [3.63, 3.8) is 0 Å². The van der Waals surface area contributed by atoms with Crippen molar-refractivity contribution in [2.45, 2.75) is 16.6 Å². The quantitative estimate of drug-likeness (QED) is 0.147. The van der Waals surface area contributed by atoms with E-state index in [-0.39, 0.29) is 46.9 Å². The molecular formula is C14H19N6NaO5S3. The molecule has 0 spiro atoms. The van der Waals surface area contributed by atoms with E-state index in [9.17, 15) is 19.5 Å². The molecule has 0 saturated carbocycles. The molecule has 11 nitrogen and oxygen atoms in total. The van der Waals surface area contributed by atoms with Gasteiger partial charge < -0.3 is 15.2 Å². The Hall–Kier alpha value is -0.770. The number of aryl methyl sites for hydroxylation is 1. The third-order valence-electron chi connectivity index (χ3n) is 3.96. The summed E-state index contributed by atoms with van der Waals surface area (Å²) in [5.74, 6) is -0.511. The van der Waals surface area contributed by atoms with E-state index >= 15 is 0 Å². The van der Waals surface area contributed by atoms with Crippen LogP contribution < -0.4 is 5.32 Å². The van der Waals surface area contributed by atoms with Crippen LogP contribution >= 0.6 is 35.3 Å². The Morgan fingerprint density at radius 2 is 2.21 bits per heavy atom. The Balaban J connectivity index is 0.00000300. The number of ether oxygens (including phenoxy) is 1. The number of carboxylic acids is 1. The Kier molecular flexibility index (Phi) is 9.31. The van der Waals surface area contributed by atoms with Crippen LogP contribution in [0.3, 0.4) is 0 Å². The van der Waals surface area contributed by atoms with E-state index in [1.165, 1.54) is 52.0 Å². The van der Waals surface area contributed by atoms with Crippen molar-refractivity contribution in [1.29, 1.82) is 0 Å². The Labute approximate surface area is 201 Å². The van der Waals surface area contributed by atoms with Crippen molar-refractivity contribution in [3.8, 4) is 0 Å².